The maximum absolute atomic E-state index is 7.12. The van der Waals surface area contributed by atoms with Gasteiger partial charge in [0.2, 0.25) is 5.70 Å². The average molecular weight is 1640 g/mol. The first-order valence-corrected chi connectivity index (χ1v) is 50.8. The van der Waals surface area contributed by atoms with E-state index in [9.17, 15) is 0 Å². The molecule has 1 fully saturated rings. The molecule has 0 bridgehead atoms. The fourth-order valence-corrected chi connectivity index (χ4v) is 29.7. The van der Waals surface area contributed by atoms with E-state index in [0.29, 0.717) is 16.6 Å². The van der Waals surface area contributed by atoms with Gasteiger partial charge in [-0.15, -0.1) is 0 Å². The zero-order valence-corrected chi connectivity index (χ0v) is 73.9. The fourth-order valence-electron chi connectivity index (χ4n) is 22.3. The zero-order valence-electron chi connectivity index (χ0n) is 72.1. The molecule has 7 heteroatoms. The van der Waals surface area contributed by atoms with Gasteiger partial charge in [0.1, 0.15) is 0 Å². The quantitative estimate of drug-likeness (QED) is 0.0777. The summed E-state index contributed by atoms with van der Waals surface area (Å²) in [5, 5.41) is 2.71. The van der Waals surface area contributed by atoms with Gasteiger partial charge in [0, 0.05) is 85.4 Å². The molecule has 600 valence electrons. The summed E-state index contributed by atoms with van der Waals surface area (Å²) in [6.45, 7) is 16.8. The van der Waals surface area contributed by atoms with Gasteiger partial charge in [0.15, 0.2) is 19.3 Å². The Hall–Kier alpha value is -11.9. The smallest absolute Gasteiger partial charge is 1.00 e. The van der Waals surface area contributed by atoms with Gasteiger partial charge in [-0.2, -0.15) is 15.6 Å². The summed E-state index contributed by atoms with van der Waals surface area (Å²) in [5.41, 5.74) is 43.1. The van der Waals surface area contributed by atoms with Crippen LogP contribution in [0.15, 0.2) is 399 Å². The molecule has 7 aliphatic carbocycles. The van der Waals surface area contributed by atoms with E-state index in [2.05, 4.69) is 455 Å². The molecule has 1 saturated carbocycles. The number of hydrogen-bond donors (Lipinski definition) is 0. The minimum absolute atomic E-state index is 0. The Morgan fingerprint density at radius 2 is 0.951 bits per heavy atom. The minimum Gasteiger partial charge on any atom is -1.00 e. The van der Waals surface area contributed by atoms with Crippen molar-refractivity contribution in [2.75, 3.05) is 0 Å². The molecule has 0 radical (unpaired) electrons. The standard InChI is InChI=1S/C39H33NSi.C23H21ClNSi.C21H15N.C16H18.C16H14.CH4.Li.H/c1-26-25-34-29(27-15-6-4-7-16-27)22-14-23-32(34)38(26)41(2,3)39-31-20-11-10-19-30(31)36-33-21-12-13-24-35(33)40(37(36)39)28-17-8-5-9-18-28;1-26(2,24)23-18-13-7-6-12-17(18)22-21(23)20(16-10-4-3-5-11-16)19-14-8-9-15-25(19)22;1-2-9-16(10-3-1)22-19-13-7-6-12-18(19)21-17-11-5-4-8-15(17)14-20(21)22;2*1-12-10-14-8-5-9-15(16(14)11-12)13-6-3-2-4-7-13;;;/h4-25,38-39H,1-3H3;3-15,20,23H,1-2H3;1-13H,14H2;2-9,12,14,16H,10-11H2,1H3;2-10H,11H2,1H3;1H4;;/q;+1;;;;;+1;-1. The van der Waals surface area contributed by atoms with E-state index in [1.54, 1.807) is 5.57 Å². The van der Waals surface area contributed by atoms with E-state index >= 15 is 0 Å². The van der Waals surface area contributed by atoms with Crippen molar-refractivity contribution < 1.29 is 24.9 Å². The molecule has 16 aromatic rings. The topological polar surface area (TPSA) is 13.7 Å². The maximum Gasteiger partial charge on any atom is 1.00 e. The van der Waals surface area contributed by atoms with Crippen molar-refractivity contribution in [3.8, 4) is 55.9 Å². The van der Waals surface area contributed by atoms with Gasteiger partial charge >= 0.3 is 18.9 Å². The Labute approximate surface area is 747 Å². The molecule has 4 heterocycles. The molecule has 0 N–H and O–H groups in total. The fraction of sp³-hybridized carbons (Fsp3) is 0.164. The van der Waals surface area contributed by atoms with Crippen molar-refractivity contribution in [3.63, 3.8) is 0 Å². The predicted molar refractivity (Wildman–Crippen MR) is 524 cm³/mol. The van der Waals surface area contributed by atoms with Gasteiger partial charge in [0.25, 0.3) is 0 Å². The SMILES string of the molecule is C.CC1=Cc2c(-c3ccccc3)cccc2C1[Si](C)(C)C1c2ccccc2-c2c1n(-c1ccccc1)c1ccccc21.CC1=Cc2cccc(-c3ccccc3)c2C1.CC1CC2C=CC=C(c3ccccc3)C2C1.C[Si](C)(Cl)C1C2=C(c3ccccc31)[n+]1ccccc1C2c1ccccc1.[H-].[Li+].c1ccc(-n2c3c(c4ccccc42)-c2ccccc2C3)cc1. The summed E-state index contributed by atoms with van der Waals surface area (Å²) >= 11 is 7.12. The third-order valence-electron chi connectivity index (χ3n) is 27.0. The molecule has 0 amide bonds. The largest absolute Gasteiger partial charge is 1.00 e. The van der Waals surface area contributed by atoms with Crippen LogP contribution in [-0.2, 0) is 12.8 Å². The molecule has 24 rings (SSSR count). The molecule has 0 spiro atoms. The third-order valence-corrected chi connectivity index (χ3v) is 34.0. The minimum atomic E-state index is -2.09. The second-order valence-electron chi connectivity index (χ2n) is 35.5. The van der Waals surface area contributed by atoms with Crippen LogP contribution in [0.3, 0.4) is 0 Å². The van der Waals surface area contributed by atoms with Gasteiger partial charge in [-0.3, -0.25) is 0 Å². The Kier molecular flexibility index (Phi) is 23.0. The summed E-state index contributed by atoms with van der Waals surface area (Å²) in [6.07, 6.45) is 18.8. The molecular weight excluding hydrogens is 1530 g/mol. The number of benzene rings is 13. The maximum atomic E-state index is 7.12. The molecule has 1 aliphatic heterocycles. The first-order chi connectivity index (χ1) is 59.2. The van der Waals surface area contributed by atoms with Crippen LogP contribution >= 0.6 is 11.1 Å². The number of nitrogens with zero attached hydrogens (tertiary/aromatic N) is 3. The average Bonchev–Trinajstić information content (AvgIpc) is 1.53. The van der Waals surface area contributed by atoms with E-state index in [1.807, 2.05) is 0 Å². The first-order valence-electron chi connectivity index (χ1n) is 43.5. The van der Waals surface area contributed by atoms with Gasteiger partial charge in [0.05, 0.1) is 30.6 Å². The zero-order chi connectivity index (χ0) is 82.0. The van der Waals surface area contributed by atoms with Gasteiger partial charge in [-0.25, -0.2) is 0 Å². The second kappa shape index (κ2) is 34.4. The summed E-state index contributed by atoms with van der Waals surface area (Å²) in [4.78, 5) is 0. The molecule has 0 saturated heterocycles. The molecule has 123 heavy (non-hydrogen) atoms. The van der Waals surface area contributed by atoms with E-state index in [4.69, 9.17) is 11.1 Å². The van der Waals surface area contributed by atoms with Crippen LogP contribution in [0.1, 0.15) is 138 Å². The number of hydrogen-bond acceptors (Lipinski definition) is 0. The van der Waals surface area contributed by atoms with Crippen molar-refractivity contribution in [3.05, 3.63) is 472 Å². The van der Waals surface area contributed by atoms with Crippen molar-refractivity contribution in [2.45, 2.75) is 103 Å². The van der Waals surface area contributed by atoms with Crippen LogP contribution in [0.5, 0.6) is 0 Å². The van der Waals surface area contributed by atoms with Crippen LogP contribution in [0.25, 0.3) is 101 Å². The van der Waals surface area contributed by atoms with Crippen LogP contribution < -0.4 is 23.4 Å². The molecule has 3 nitrogen and oxygen atoms in total. The van der Waals surface area contributed by atoms with Gasteiger partial charge in [-0.05, 0) is 182 Å². The number of rotatable bonds is 9. The third kappa shape index (κ3) is 14.9. The molecular formula is C116H106ClLiN3Si2+. The first kappa shape index (κ1) is 82.1. The second-order valence-corrected chi connectivity index (χ2v) is 46.9. The van der Waals surface area contributed by atoms with Crippen molar-refractivity contribution in [1.82, 2.24) is 9.13 Å². The summed E-state index contributed by atoms with van der Waals surface area (Å²) in [7, 11) is -4.07. The molecule has 7 atom stereocenters. The van der Waals surface area contributed by atoms with E-state index in [0.717, 1.165) is 30.6 Å². The monoisotopic (exact) mass is 1640 g/mol. The number of aromatic nitrogens is 3. The summed E-state index contributed by atoms with van der Waals surface area (Å²) < 4.78 is 7.40. The van der Waals surface area contributed by atoms with Crippen molar-refractivity contribution in [2.24, 2.45) is 17.8 Å². The number of para-hydroxylation sites is 4. The molecule has 8 aliphatic rings. The van der Waals surface area contributed by atoms with Gasteiger partial charge in [-0.1, -0.05) is 385 Å². The van der Waals surface area contributed by atoms with Gasteiger partial charge < -0.3 is 10.6 Å². The normalized spacial score (nSPS) is 18.3. The molecule has 3 aromatic heterocycles. The predicted octanol–water partition coefficient (Wildman–Crippen LogP) is 27.4. The van der Waals surface area contributed by atoms with Crippen molar-refractivity contribution >= 4 is 71.8 Å². The van der Waals surface area contributed by atoms with Crippen LogP contribution in [0.4, 0.5) is 0 Å². The van der Waals surface area contributed by atoms with Crippen molar-refractivity contribution in [1.29, 1.82) is 0 Å². The number of halogens is 1. The Morgan fingerprint density at radius 1 is 0.439 bits per heavy atom. The van der Waals surface area contributed by atoms with Crippen LogP contribution in [0.2, 0.25) is 26.2 Å². The number of allylic oxidation sites excluding steroid dienone is 7. The molecule has 13 aromatic carbocycles. The Bertz CT molecular complexity index is 6760. The summed E-state index contributed by atoms with van der Waals surface area (Å²) in [5.74, 6) is 2.71. The Morgan fingerprint density at radius 3 is 1.62 bits per heavy atom. The van der Waals surface area contributed by atoms with E-state index < -0.39 is 15.5 Å². The van der Waals surface area contributed by atoms with Crippen LogP contribution in [0, 0.1) is 17.8 Å². The number of pyridine rings is 1. The van der Waals surface area contributed by atoms with E-state index in [-0.39, 0.29) is 33.6 Å². The van der Waals surface area contributed by atoms with E-state index in [1.165, 1.54) is 186 Å². The summed E-state index contributed by atoms with van der Waals surface area (Å²) in [6, 6.07) is 130. The molecule has 7 unspecified atom stereocenters. The number of fused-ring (bicyclic) bond motifs is 17. The Balaban J connectivity index is 0.000000115. The van der Waals surface area contributed by atoms with Crippen LogP contribution in [-0.4, -0.2) is 24.6 Å².